The third-order valence-corrected chi connectivity index (χ3v) is 3.04. The van der Waals surface area contributed by atoms with E-state index in [1.165, 1.54) is 25.7 Å². The average Bonchev–Trinajstić information content (AvgIpc) is 2.71. The Hall–Kier alpha value is -1.31. The standard InChI is InChI=1S/C13H16NO/c14-13(15)12-8-4-3-7-11(12)9-10-5-1-2-6-10/h3-4,7-10H,1-2,5-6H2,(H2,14,15). The minimum atomic E-state index is -0.333. The van der Waals surface area contributed by atoms with Gasteiger partial charge in [0.15, 0.2) is 0 Å². The number of carbonyl (C=O) groups is 1. The molecule has 1 aliphatic rings. The number of amides is 1. The van der Waals surface area contributed by atoms with Gasteiger partial charge in [-0.15, -0.1) is 0 Å². The maximum absolute atomic E-state index is 11.2. The summed E-state index contributed by atoms with van der Waals surface area (Å²) in [6, 6.07) is 7.57. The van der Waals surface area contributed by atoms with Gasteiger partial charge in [-0.2, -0.15) is 0 Å². The molecule has 0 spiro atoms. The molecule has 0 saturated heterocycles. The van der Waals surface area contributed by atoms with Crippen LogP contribution in [0.4, 0.5) is 0 Å². The lowest BCUT2D eigenvalue weighted by Gasteiger charge is -2.10. The lowest BCUT2D eigenvalue weighted by molar-refractivity contribution is 0.0999. The highest BCUT2D eigenvalue weighted by Gasteiger charge is 2.18. The van der Waals surface area contributed by atoms with Gasteiger partial charge in [0.2, 0.25) is 5.91 Å². The van der Waals surface area contributed by atoms with Crippen molar-refractivity contribution in [2.75, 3.05) is 0 Å². The molecule has 0 bridgehead atoms. The lowest BCUT2D eigenvalue weighted by atomic mass is 9.94. The van der Waals surface area contributed by atoms with Crippen LogP contribution in [0.5, 0.6) is 0 Å². The Bertz CT molecular complexity index is 353. The SMILES string of the molecule is NC(=O)c1ccccc1[CH]C1CCCC1. The molecule has 1 radical (unpaired) electrons. The smallest absolute Gasteiger partial charge is 0.248 e. The first-order chi connectivity index (χ1) is 7.27. The summed E-state index contributed by atoms with van der Waals surface area (Å²) in [6.07, 6.45) is 7.30. The van der Waals surface area contributed by atoms with Crippen LogP contribution in [0.2, 0.25) is 0 Å². The van der Waals surface area contributed by atoms with Crippen LogP contribution in [0.1, 0.15) is 41.6 Å². The molecule has 1 fully saturated rings. The second-order valence-corrected chi connectivity index (χ2v) is 4.16. The van der Waals surface area contributed by atoms with E-state index in [1.807, 2.05) is 18.2 Å². The zero-order chi connectivity index (χ0) is 10.7. The first-order valence-electron chi connectivity index (χ1n) is 5.51. The molecule has 1 aromatic rings. The molecule has 0 aromatic heterocycles. The molecular weight excluding hydrogens is 186 g/mol. The summed E-state index contributed by atoms with van der Waals surface area (Å²) in [5, 5.41) is 0. The van der Waals surface area contributed by atoms with E-state index in [0.29, 0.717) is 11.5 Å². The second-order valence-electron chi connectivity index (χ2n) is 4.16. The molecule has 79 valence electrons. The fraction of sp³-hybridized carbons (Fsp3) is 0.385. The van der Waals surface area contributed by atoms with Crippen LogP contribution in [-0.2, 0) is 0 Å². The molecular formula is C13H16NO. The summed E-state index contributed by atoms with van der Waals surface area (Å²) in [6.45, 7) is 0. The van der Waals surface area contributed by atoms with Gasteiger partial charge >= 0.3 is 0 Å². The molecule has 1 amide bonds. The third-order valence-electron chi connectivity index (χ3n) is 3.04. The molecule has 0 heterocycles. The van der Waals surface area contributed by atoms with Crippen molar-refractivity contribution in [1.82, 2.24) is 0 Å². The van der Waals surface area contributed by atoms with Crippen molar-refractivity contribution in [3.05, 3.63) is 41.8 Å². The molecule has 2 nitrogen and oxygen atoms in total. The van der Waals surface area contributed by atoms with Gasteiger partial charge < -0.3 is 5.73 Å². The number of rotatable bonds is 3. The van der Waals surface area contributed by atoms with Gasteiger partial charge in [-0.1, -0.05) is 31.0 Å². The van der Waals surface area contributed by atoms with E-state index in [0.717, 1.165) is 5.56 Å². The molecule has 2 N–H and O–H groups in total. The summed E-state index contributed by atoms with van der Waals surface area (Å²) >= 11 is 0. The Balaban J connectivity index is 2.15. The lowest BCUT2D eigenvalue weighted by Crippen LogP contribution is -2.14. The van der Waals surface area contributed by atoms with Crippen LogP contribution >= 0.6 is 0 Å². The van der Waals surface area contributed by atoms with Crippen LogP contribution in [0.15, 0.2) is 24.3 Å². The molecule has 0 atom stereocenters. The van der Waals surface area contributed by atoms with Gasteiger partial charge in [-0.3, -0.25) is 4.79 Å². The highest BCUT2D eigenvalue weighted by atomic mass is 16.1. The van der Waals surface area contributed by atoms with Gasteiger partial charge in [-0.25, -0.2) is 0 Å². The molecule has 2 rings (SSSR count). The maximum atomic E-state index is 11.2. The van der Waals surface area contributed by atoms with E-state index in [-0.39, 0.29) is 5.91 Å². The third kappa shape index (κ3) is 2.38. The zero-order valence-corrected chi connectivity index (χ0v) is 8.78. The van der Waals surface area contributed by atoms with Crippen molar-refractivity contribution >= 4 is 5.91 Å². The van der Waals surface area contributed by atoms with E-state index >= 15 is 0 Å². The van der Waals surface area contributed by atoms with Gasteiger partial charge in [0.1, 0.15) is 0 Å². The van der Waals surface area contributed by atoms with Gasteiger partial charge in [0.05, 0.1) is 0 Å². The normalized spacial score (nSPS) is 16.8. The van der Waals surface area contributed by atoms with Gasteiger partial charge in [-0.05, 0) is 36.8 Å². The van der Waals surface area contributed by atoms with Crippen LogP contribution in [0, 0.1) is 12.3 Å². The first-order valence-corrected chi connectivity index (χ1v) is 5.51. The van der Waals surface area contributed by atoms with Crippen molar-refractivity contribution in [2.24, 2.45) is 11.7 Å². The predicted octanol–water partition coefficient (Wildman–Crippen LogP) is 2.53. The summed E-state index contributed by atoms with van der Waals surface area (Å²) in [5.74, 6) is 0.297. The Morgan fingerprint density at radius 3 is 2.60 bits per heavy atom. The Kier molecular flexibility index (Phi) is 3.05. The number of carbonyl (C=O) groups excluding carboxylic acids is 1. The number of primary amides is 1. The Morgan fingerprint density at radius 2 is 1.93 bits per heavy atom. The summed E-state index contributed by atoms with van der Waals surface area (Å²) in [7, 11) is 0. The fourth-order valence-corrected chi connectivity index (χ4v) is 2.24. The van der Waals surface area contributed by atoms with E-state index in [1.54, 1.807) is 6.07 Å². The predicted molar refractivity (Wildman–Crippen MR) is 60.3 cm³/mol. The highest BCUT2D eigenvalue weighted by Crippen LogP contribution is 2.30. The molecule has 15 heavy (non-hydrogen) atoms. The van der Waals surface area contributed by atoms with Crippen LogP contribution in [0.25, 0.3) is 0 Å². The number of hydrogen-bond acceptors (Lipinski definition) is 1. The zero-order valence-electron chi connectivity index (χ0n) is 8.78. The maximum Gasteiger partial charge on any atom is 0.248 e. The Morgan fingerprint density at radius 1 is 1.27 bits per heavy atom. The van der Waals surface area contributed by atoms with E-state index in [2.05, 4.69) is 6.42 Å². The molecule has 1 saturated carbocycles. The number of nitrogens with two attached hydrogens (primary N) is 1. The van der Waals surface area contributed by atoms with Crippen LogP contribution in [-0.4, -0.2) is 5.91 Å². The average molecular weight is 202 g/mol. The van der Waals surface area contributed by atoms with Crippen LogP contribution in [0.3, 0.4) is 0 Å². The topological polar surface area (TPSA) is 43.1 Å². The van der Waals surface area contributed by atoms with E-state index in [4.69, 9.17) is 5.73 Å². The fourth-order valence-electron chi connectivity index (χ4n) is 2.24. The van der Waals surface area contributed by atoms with Gasteiger partial charge in [0.25, 0.3) is 0 Å². The van der Waals surface area contributed by atoms with Crippen molar-refractivity contribution in [3.8, 4) is 0 Å². The molecule has 0 aliphatic heterocycles. The molecule has 2 heteroatoms. The van der Waals surface area contributed by atoms with Gasteiger partial charge in [0, 0.05) is 5.56 Å². The monoisotopic (exact) mass is 202 g/mol. The summed E-state index contributed by atoms with van der Waals surface area (Å²) < 4.78 is 0. The van der Waals surface area contributed by atoms with Crippen molar-refractivity contribution in [1.29, 1.82) is 0 Å². The summed E-state index contributed by atoms with van der Waals surface area (Å²) in [4.78, 5) is 11.2. The minimum Gasteiger partial charge on any atom is -0.366 e. The van der Waals surface area contributed by atoms with E-state index in [9.17, 15) is 4.79 Å². The van der Waals surface area contributed by atoms with Crippen molar-refractivity contribution in [3.63, 3.8) is 0 Å². The van der Waals surface area contributed by atoms with Crippen molar-refractivity contribution in [2.45, 2.75) is 25.7 Å². The molecule has 1 aliphatic carbocycles. The quantitative estimate of drug-likeness (QED) is 0.804. The second kappa shape index (κ2) is 4.47. The van der Waals surface area contributed by atoms with Crippen molar-refractivity contribution < 1.29 is 4.79 Å². The van der Waals surface area contributed by atoms with Crippen LogP contribution < -0.4 is 5.73 Å². The minimum absolute atomic E-state index is 0.333. The molecule has 0 unspecified atom stereocenters. The number of benzene rings is 1. The number of hydrogen-bond donors (Lipinski definition) is 1. The summed E-state index contributed by atoms with van der Waals surface area (Å²) in [5.41, 5.74) is 6.97. The Labute approximate surface area is 90.5 Å². The molecule has 1 aromatic carbocycles. The van der Waals surface area contributed by atoms with E-state index < -0.39 is 0 Å². The highest BCUT2D eigenvalue weighted by molar-refractivity contribution is 5.94. The largest absolute Gasteiger partial charge is 0.366 e. The first kappa shape index (κ1) is 10.2.